The minimum absolute atomic E-state index is 0.652. The fourth-order valence-corrected chi connectivity index (χ4v) is 2.99. The third-order valence-corrected chi connectivity index (χ3v) is 4.33. The quantitative estimate of drug-likeness (QED) is 0.328. The molecule has 0 nitrogen and oxygen atoms in total. The van der Waals surface area contributed by atoms with Crippen molar-refractivity contribution in [2.24, 2.45) is 5.92 Å². The highest BCUT2D eigenvalue weighted by atomic mass is 14.2. The summed E-state index contributed by atoms with van der Waals surface area (Å²) in [5.41, 5.74) is 7.66. The zero-order chi connectivity index (χ0) is 15.8. The van der Waals surface area contributed by atoms with Gasteiger partial charge in [0.25, 0.3) is 0 Å². The lowest BCUT2D eigenvalue weighted by molar-refractivity contribution is 0.768. The number of unbranched alkanes of at least 4 members (excludes halogenated alkanes) is 2. The van der Waals surface area contributed by atoms with E-state index in [0.29, 0.717) is 5.92 Å². The molecule has 1 atom stereocenters. The summed E-state index contributed by atoms with van der Waals surface area (Å²) in [4.78, 5) is 0. The first-order valence-corrected chi connectivity index (χ1v) is 8.74. The van der Waals surface area contributed by atoms with Crippen LogP contribution in [-0.4, -0.2) is 0 Å². The predicted octanol–water partition coefficient (Wildman–Crippen LogP) is 7.15. The first-order valence-electron chi connectivity index (χ1n) is 8.74. The van der Waals surface area contributed by atoms with Crippen molar-refractivity contribution in [3.8, 4) is 0 Å². The number of rotatable bonds is 8. The largest absolute Gasteiger partial charge is 0.0801 e. The zero-order valence-electron chi connectivity index (χ0n) is 15.1. The van der Waals surface area contributed by atoms with Crippen molar-refractivity contribution in [3.05, 3.63) is 46.1 Å². The molecular formula is C21H34. The van der Waals surface area contributed by atoms with Gasteiger partial charge >= 0.3 is 0 Å². The summed E-state index contributed by atoms with van der Waals surface area (Å²) in [7, 11) is 0. The fraction of sp³-hybridized carbons (Fsp3) is 0.619. The second-order valence-electron chi connectivity index (χ2n) is 6.73. The van der Waals surface area contributed by atoms with Crippen molar-refractivity contribution < 1.29 is 0 Å². The van der Waals surface area contributed by atoms with E-state index in [4.69, 9.17) is 0 Å². The second kappa shape index (κ2) is 9.07. The standard InChI is InChI=1S/C21H34/c1-7-9-10-12-21-18(6)15-20(21)14-17(5)13-19(11-8-2)16(3)4/h12,14-15,18H,7-11,13H2,1-6H3. The minimum atomic E-state index is 0.652. The van der Waals surface area contributed by atoms with Crippen molar-refractivity contribution in [3.63, 3.8) is 0 Å². The molecule has 0 saturated carbocycles. The van der Waals surface area contributed by atoms with Crippen LogP contribution in [0.15, 0.2) is 46.1 Å². The van der Waals surface area contributed by atoms with Crippen LogP contribution in [0.4, 0.5) is 0 Å². The van der Waals surface area contributed by atoms with Gasteiger partial charge in [0.2, 0.25) is 0 Å². The first-order chi connectivity index (χ1) is 9.99. The molecule has 1 rings (SSSR count). The fourth-order valence-electron chi connectivity index (χ4n) is 2.99. The van der Waals surface area contributed by atoms with Gasteiger partial charge in [-0.15, -0.1) is 0 Å². The van der Waals surface area contributed by atoms with E-state index in [1.54, 1.807) is 11.1 Å². The number of hydrogen-bond acceptors (Lipinski definition) is 0. The summed E-state index contributed by atoms with van der Waals surface area (Å²) in [5, 5.41) is 0. The molecule has 0 heteroatoms. The van der Waals surface area contributed by atoms with Gasteiger partial charge in [0, 0.05) is 5.92 Å². The van der Waals surface area contributed by atoms with Crippen LogP contribution in [0.2, 0.25) is 0 Å². The van der Waals surface area contributed by atoms with Gasteiger partial charge in [0.15, 0.2) is 0 Å². The molecule has 0 heterocycles. The third kappa shape index (κ3) is 5.69. The summed E-state index contributed by atoms with van der Waals surface area (Å²) in [6.45, 7) is 13.6. The van der Waals surface area contributed by atoms with Crippen molar-refractivity contribution in [1.29, 1.82) is 0 Å². The van der Waals surface area contributed by atoms with Crippen LogP contribution in [-0.2, 0) is 0 Å². The van der Waals surface area contributed by atoms with Gasteiger partial charge in [0.05, 0.1) is 0 Å². The molecule has 0 radical (unpaired) electrons. The smallest absolute Gasteiger partial charge is 0.000131 e. The molecule has 1 unspecified atom stereocenters. The topological polar surface area (TPSA) is 0 Å². The van der Waals surface area contributed by atoms with Crippen molar-refractivity contribution in [2.45, 2.75) is 80.1 Å². The highest BCUT2D eigenvalue weighted by molar-refractivity contribution is 5.52. The second-order valence-corrected chi connectivity index (χ2v) is 6.73. The van der Waals surface area contributed by atoms with Crippen molar-refractivity contribution >= 4 is 0 Å². The third-order valence-electron chi connectivity index (χ3n) is 4.33. The molecule has 0 saturated heterocycles. The van der Waals surface area contributed by atoms with Crippen LogP contribution >= 0.6 is 0 Å². The van der Waals surface area contributed by atoms with Gasteiger partial charge in [-0.2, -0.15) is 0 Å². The Balaban J connectivity index is 2.72. The molecule has 0 aromatic carbocycles. The average Bonchev–Trinajstić information content (AvgIpc) is 2.42. The van der Waals surface area contributed by atoms with Crippen molar-refractivity contribution in [1.82, 2.24) is 0 Å². The van der Waals surface area contributed by atoms with Crippen LogP contribution in [0.1, 0.15) is 80.1 Å². The Morgan fingerprint density at radius 1 is 1.14 bits per heavy atom. The Kier molecular flexibility index (Phi) is 7.78. The van der Waals surface area contributed by atoms with E-state index in [9.17, 15) is 0 Å². The molecule has 0 fully saturated rings. The maximum absolute atomic E-state index is 2.46. The van der Waals surface area contributed by atoms with Gasteiger partial charge in [-0.3, -0.25) is 0 Å². The molecule has 118 valence electrons. The van der Waals surface area contributed by atoms with E-state index in [0.717, 1.165) is 6.42 Å². The van der Waals surface area contributed by atoms with E-state index in [2.05, 4.69) is 59.8 Å². The lowest BCUT2D eigenvalue weighted by Gasteiger charge is -2.25. The van der Waals surface area contributed by atoms with E-state index < -0.39 is 0 Å². The molecule has 0 N–H and O–H groups in total. The highest BCUT2D eigenvalue weighted by Crippen LogP contribution is 2.35. The molecular weight excluding hydrogens is 252 g/mol. The lowest BCUT2D eigenvalue weighted by atomic mass is 9.79. The Morgan fingerprint density at radius 2 is 1.86 bits per heavy atom. The Morgan fingerprint density at radius 3 is 2.38 bits per heavy atom. The summed E-state index contributed by atoms with van der Waals surface area (Å²) in [5.74, 6) is 0.652. The van der Waals surface area contributed by atoms with Gasteiger partial charge in [-0.05, 0) is 51.2 Å². The molecule has 0 spiro atoms. The molecule has 1 aliphatic carbocycles. The van der Waals surface area contributed by atoms with Crippen LogP contribution < -0.4 is 0 Å². The monoisotopic (exact) mass is 286 g/mol. The Labute approximate surface area is 132 Å². The molecule has 0 aromatic heterocycles. The van der Waals surface area contributed by atoms with Gasteiger partial charge < -0.3 is 0 Å². The molecule has 0 bridgehead atoms. The predicted molar refractivity (Wildman–Crippen MR) is 96.5 cm³/mol. The van der Waals surface area contributed by atoms with E-state index >= 15 is 0 Å². The van der Waals surface area contributed by atoms with Crippen LogP contribution in [0, 0.1) is 5.92 Å². The summed E-state index contributed by atoms with van der Waals surface area (Å²) in [6.07, 6.45) is 14.7. The molecule has 21 heavy (non-hydrogen) atoms. The lowest BCUT2D eigenvalue weighted by Crippen LogP contribution is -2.10. The molecule has 0 aliphatic heterocycles. The van der Waals surface area contributed by atoms with Gasteiger partial charge in [-0.25, -0.2) is 0 Å². The maximum Gasteiger partial charge on any atom is 0.000131 e. The first kappa shape index (κ1) is 18.0. The Bertz CT molecular complexity index is 450. The molecule has 0 aromatic rings. The molecule has 0 amide bonds. The molecule has 1 aliphatic rings. The van der Waals surface area contributed by atoms with Gasteiger partial charge in [-0.1, -0.05) is 75.0 Å². The summed E-state index contributed by atoms with van der Waals surface area (Å²) < 4.78 is 0. The summed E-state index contributed by atoms with van der Waals surface area (Å²) >= 11 is 0. The van der Waals surface area contributed by atoms with E-state index in [1.807, 2.05) is 0 Å². The zero-order valence-corrected chi connectivity index (χ0v) is 15.1. The number of hydrogen-bond donors (Lipinski definition) is 0. The normalized spacial score (nSPS) is 20.3. The van der Waals surface area contributed by atoms with Crippen LogP contribution in [0.5, 0.6) is 0 Å². The van der Waals surface area contributed by atoms with Crippen LogP contribution in [0.25, 0.3) is 0 Å². The van der Waals surface area contributed by atoms with Gasteiger partial charge in [0.1, 0.15) is 0 Å². The van der Waals surface area contributed by atoms with Crippen molar-refractivity contribution in [2.75, 3.05) is 0 Å². The number of allylic oxidation sites excluding steroid dienone is 8. The SMILES string of the molecule is CCCCC=C1C(C=C(C)CC(CCC)=C(C)C)=CC1C. The van der Waals surface area contributed by atoms with Crippen LogP contribution in [0.3, 0.4) is 0 Å². The average molecular weight is 287 g/mol. The summed E-state index contributed by atoms with van der Waals surface area (Å²) in [6, 6.07) is 0. The highest BCUT2D eigenvalue weighted by Gasteiger charge is 2.19. The Hall–Kier alpha value is -1.04. The van der Waals surface area contributed by atoms with E-state index in [1.165, 1.54) is 48.8 Å². The minimum Gasteiger partial charge on any atom is -0.0801 e. The van der Waals surface area contributed by atoms with E-state index in [-0.39, 0.29) is 0 Å². The maximum atomic E-state index is 2.46.